The van der Waals surface area contributed by atoms with Crippen molar-refractivity contribution in [3.63, 3.8) is 0 Å². The lowest BCUT2D eigenvalue weighted by Gasteiger charge is -2.30. The van der Waals surface area contributed by atoms with E-state index in [4.69, 9.17) is 24.2 Å². The molecular weight excluding hydrogens is 873 g/mol. The van der Waals surface area contributed by atoms with Crippen LogP contribution in [-0.2, 0) is 23.8 Å². The minimum atomic E-state index is -0.691. The number of hydrogen-bond acceptors (Lipinski definition) is 9. The number of aromatic nitrogens is 4. The second-order valence-corrected chi connectivity index (χ2v) is 21.3. The summed E-state index contributed by atoms with van der Waals surface area (Å²) in [6, 6.07) is 19.9. The molecule has 5 aromatic rings. The summed E-state index contributed by atoms with van der Waals surface area (Å²) in [5, 5.41) is 5.53. The fraction of sp³-hybridized carbons (Fsp3) is 0.481. The van der Waals surface area contributed by atoms with Crippen molar-refractivity contribution in [1.29, 1.82) is 0 Å². The van der Waals surface area contributed by atoms with E-state index in [0.29, 0.717) is 13.1 Å². The van der Waals surface area contributed by atoms with E-state index in [1.807, 2.05) is 49.9 Å². The molecule has 15 heteroatoms. The lowest BCUT2D eigenvalue weighted by Crippen LogP contribution is -2.51. The van der Waals surface area contributed by atoms with Gasteiger partial charge in [0.25, 0.3) is 0 Å². The monoisotopic (exact) mass is 934 g/mol. The molecule has 3 saturated heterocycles. The number of ether oxygens (including phenoxy) is 3. The molecule has 3 aromatic carbocycles. The van der Waals surface area contributed by atoms with E-state index in [1.165, 1.54) is 36.5 Å². The molecule has 2 spiro atoms. The van der Waals surface area contributed by atoms with Crippen LogP contribution in [0.2, 0.25) is 0 Å². The number of fused-ring (bicyclic) bond motifs is 5. The molecule has 15 nitrogen and oxygen atoms in total. The molecule has 2 aliphatic carbocycles. The fourth-order valence-electron chi connectivity index (χ4n) is 11.8. The van der Waals surface area contributed by atoms with Crippen molar-refractivity contribution < 1.29 is 33.4 Å². The van der Waals surface area contributed by atoms with Crippen LogP contribution in [0.3, 0.4) is 0 Å². The average Bonchev–Trinajstić information content (AvgIpc) is 3.79. The van der Waals surface area contributed by atoms with Crippen molar-refractivity contribution in [3.05, 3.63) is 95.8 Å². The number of amides is 4. The third-order valence-corrected chi connectivity index (χ3v) is 16.1. The lowest BCUT2D eigenvalue weighted by molar-refractivity contribution is -0.136. The predicted octanol–water partition coefficient (Wildman–Crippen LogP) is 9.58. The number of benzene rings is 3. The second-order valence-electron chi connectivity index (χ2n) is 21.3. The van der Waals surface area contributed by atoms with E-state index < -0.39 is 24.3 Å². The number of methoxy groups -OCH3 is 2. The van der Waals surface area contributed by atoms with Gasteiger partial charge in [0, 0.05) is 13.1 Å². The molecule has 5 fully saturated rings. The first-order valence-electron chi connectivity index (χ1n) is 24.7. The maximum absolute atomic E-state index is 14.0. The minimum absolute atomic E-state index is 0.0475. The number of H-pyrrole nitrogens is 2. The Morgan fingerprint density at radius 3 is 1.33 bits per heavy atom. The lowest BCUT2D eigenvalue weighted by atomic mass is 9.81. The number of carbonyl (C=O) groups is 4. The smallest absolute Gasteiger partial charge is 0.407 e. The van der Waals surface area contributed by atoms with Crippen LogP contribution in [0.4, 0.5) is 9.59 Å². The number of imidazole rings is 2. The molecule has 4 aliphatic heterocycles. The number of carbonyl (C=O) groups excluding carboxylic acids is 4. The third kappa shape index (κ3) is 8.15. The molecule has 6 atom stereocenters. The topological polar surface area (TPSA) is 184 Å². The molecule has 4 N–H and O–H groups in total. The first-order valence-corrected chi connectivity index (χ1v) is 24.7. The summed E-state index contributed by atoms with van der Waals surface area (Å²) in [6.07, 6.45) is 10.6. The van der Waals surface area contributed by atoms with E-state index in [9.17, 15) is 19.2 Å². The highest BCUT2D eigenvalue weighted by Crippen LogP contribution is 2.60. The predicted molar refractivity (Wildman–Crippen MR) is 258 cm³/mol. The van der Waals surface area contributed by atoms with Gasteiger partial charge in [-0.2, -0.15) is 0 Å². The first-order chi connectivity index (χ1) is 33.3. The van der Waals surface area contributed by atoms with Crippen LogP contribution >= 0.6 is 0 Å². The number of alkyl carbamates (subject to hydrolysis) is 2. The summed E-state index contributed by atoms with van der Waals surface area (Å²) >= 11 is 0. The Morgan fingerprint density at radius 1 is 0.609 bits per heavy atom. The van der Waals surface area contributed by atoms with Crippen LogP contribution in [0.25, 0.3) is 44.8 Å². The maximum Gasteiger partial charge on any atom is 0.407 e. The third-order valence-electron chi connectivity index (χ3n) is 16.1. The van der Waals surface area contributed by atoms with Gasteiger partial charge in [0.05, 0.1) is 62.3 Å². The van der Waals surface area contributed by atoms with Crippen molar-refractivity contribution in [3.8, 4) is 44.8 Å². The van der Waals surface area contributed by atoms with Gasteiger partial charge >= 0.3 is 12.2 Å². The Balaban J connectivity index is 0.811. The van der Waals surface area contributed by atoms with E-state index in [1.54, 1.807) is 0 Å². The highest BCUT2D eigenvalue weighted by atomic mass is 16.5. The molecule has 2 saturated carbocycles. The van der Waals surface area contributed by atoms with Crippen molar-refractivity contribution in [1.82, 2.24) is 40.4 Å². The Labute approximate surface area is 402 Å². The molecule has 11 rings (SSSR count). The summed E-state index contributed by atoms with van der Waals surface area (Å²) in [4.78, 5) is 73.0. The molecule has 69 heavy (non-hydrogen) atoms. The van der Waals surface area contributed by atoms with Gasteiger partial charge in [-0.1, -0.05) is 88.4 Å². The zero-order valence-corrected chi connectivity index (χ0v) is 40.3. The molecule has 2 aromatic heterocycles. The van der Waals surface area contributed by atoms with Gasteiger partial charge in [-0.25, -0.2) is 19.6 Å². The van der Waals surface area contributed by atoms with Crippen molar-refractivity contribution in [2.45, 2.75) is 115 Å². The largest absolute Gasteiger partial charge is 0.453 e. The minimum Gasteiger partial charge on any atom is -0.453 e. The van der Waals surface area contributed by atoms with Gasteiger partial charge in [0.15, 0.2) is 0 Å². The number of hydrogen-bond donors (Lipinski definition) is 4. The Kier molecular flexibility index (Phi) is 11.2. The quantitative estimate of drug-likeness (QED) is 0.0946. The zero-order valence-electron chi connectivity index (χ0n) is 40.3. The molecule has 6 heterocycles. The highest BCUT2D eigenvalue weighted by Gasteiger charge is 2.56. The summed E-state index contributed by atoms with van der Waals surface area (Å²) in [5.74, 6) is 1.10. The van der Waals surface area contributed by atoms with Crippen molar-refractivity contribution >= 4 is 24.0 Å². The van der Waals surface area contributed by atoms with E-state index in [-0.39, 0.29) is 58.8 Å². The van der Waals surface area contributed by atoms with Crippen molar-refractivity contribution in [2.24, 2.45) is 22.7 Å². The molecule has 360 valence electrons. The van der Waals surface area contributed by atoms with Gasteiger partial charge in [-0.3, -0.25) is 9.59 Å². The van der Waals surface area contributed by atoms with Gasteiger partial charge in [-0.15, -0.1) is 0 Å². The van der Waals surface area contributed by atoms with Gasteiger partial charge in [-0.05, 0) is 119 Å². The van der Waals surface area contributed by atoms with Gasteiger partial charge in [0.1, 0.15) is 23.7 Å². The van der Waals surface area contributed by atoms with Crippen molar-refractivity contribution in [2.75, 3.05) is 27.3 Å². The first kappa shape index (κ1) is 45.0. The van der Waals surface area contributed by atoms with Crippen LogP contribution in [0.5, 0.6) is 0 Å². The van der Waals surface area contributed by atoms with E-state index in [2.05, 4.69) is 81.3 Å². The van der Waals surface area contributed by atoms with Gasteiger partial charge < -0.3 is 44.6 Å². The number of aromatic amines is 2. The highest BCUT2D eigenvalue weighted by molar-refractivity contribution is 5.88. The van der Waals surface area contributed by atoms with Crippen LogP contribution in [0, 0.1) is 22.7 Å². The summed E-state index contributed by atoms with van der Waals surface area (Å²) in [6.45, 7) is 9.04. The Hall–Kier alpha value is -6.48. The second kappa shape index (κ2) is 17.2. The fourth-order valence-corrected chi connectivity index (χ4v) is 11.8. The Bertz CT molecular complexity index is 2620. The van der Waals surface area contributed by atoms with E-state index in [0.717, 1.165) is 96.7 Å². The SMILES string of the molecule is COC(=O)N[C@H](C(=O)N1CC2(CC2)C[C@H]1c1ncc(-c2ccc(-c3ccc(-c4ccc(-c5cnc([C@@H]6CC7(CC7)CN6C(=O)[C@@H](NC(=O)OC)C(C)C)[nH]5)cc4)c4c3C3CCC4O3)cc2)[nH]1)C(C)C. The number of nitrogens with zero attached hydrogens (tertiary/aromatic N) is 4. The molecule has 0 radical (unpaired) electrons. The molecule has 2 bridgehead atoms. The van der Waals surface area contributed by atoms with Crippen LogP contribution in [0.15, 0.2) is 73.1 Å². The maximum atomic E-state index is 14.0. The normalized spacial score (nSPS) is 23.1. The van der Waals surface area contributed by atoms with E-state index >= 15 is 0 Å². The molecular formula is C54H62N8O7. The summed E-state index contributed by atoms with van der Waals surface area (Å²) in [7, 11) is 2.62. The standard InChI is InChI=1S/C54H62N8O7/c1-29(2)45(59-51(65)67-5)49(63)61-27-53(19-20-53)23-39(61)47-55-25-37(57-47)33-11-7-31(8-12-33)35-15-16-36(44-42-18-17-41(69-42)43(35)44)32-9-13-34(14-10-32)38-26-56-48(58-38)40-24-54(21-22-54)28-62(40)50(64)46(30(3)4)60-52(66)68-6/h7-16,25-26,29-30,39-42,45-46H,17-24,27-28H2,1-6H3,(H,55,57)(H,56,58)(H,59,65)(H,60,66)/t39-,40-,41?,42?,45-,46-/m0/s1. The van der Waals surface area contributed by atoms with Crippen LogP contribution in [0.1, 0.15) is 126 Å². The van der Waals surface area contributed by atoms with Crippen LogP contribution in [-0.4, -0.2) is 93.1 Å². The molecule has 4 amide bonds. The summed E-state index contributed by atoms with van der Waals surface area (Å²) < 4.78 is 16.3. The summed E-state index contributed by atoms with van der Waals surface area (Å²) in [5.41, 5.74) is 11.2. The zero-order chi connectivity index (χ0) is 47.9. The molecule has 2 unspecified atom stereocenters. The van der Waals surface area contributed by atoms with Crippen LogP contribution < -0.4 is 10.6 Å². The number of likely N-dealkylation sites (tertiary alicyclic amines) is 2. The number of nitrogens with one attached hydrogen (secondary N) is 4. The Morgan fingerprint density at radius 2 is 0.986 bits per heavy atom. The number of rotatable bonds is 12. The van der Waals surface area contributed by atoms with Gasteiger partial charge in [0.2, 0.25) is 11.8 Å². The molecule has 6 aliphatic rings. The average molecular weight is 935 g/mol.